The number of hydrogen-bond donors (Lipinski definition) is 3. The Balaban J connectivity index is 1.69. The van der Waals surface area contributed by atoms with Crippen LogP contribution < -0.4 is 19.5 Å². The van der Waals surface area contributed by atoms with Gasteiger partial charge < -0.3 is 19.5 Å². The molecule has 0 unspecified atom stereocenters. The summed E-state index contributed by atoms with van der Waals surface area (Å²) in [6.07, 6.45) is 2.89. The number of amides is 1. The van der Waals surface area contributed by atoms with Crippen LogP contribution in [0.2, 0.25) is 5.15 Å². The first kappa shape index (κ1) is 25.0. The lowest BCUT2D eigenvalue weighted by molar-refractivity contribution is 0.0978. The number of carbonyl (C=O) groups excluding carboxylic acids is 1. The quantitative estimate of drug-likeness (QED) is 0.246. The highest BCUT2D eigenvalue weighted by atomic mass is 35.5. The number of nitrogens with zero attached hydrogens (tertiary/aromatic N) is 2. The fourth-order valence-electron chi connectivity index (χ4n) is 2.94. The molecule has 2 heterocycles. The molecule has 3 aromatic rings. The minimum Gasteiger partial charge on any atom is -0.497 e. The normalized spacial score (nSPS) is 10.4. The van der Waals surface area contributed by atoms with Crippen molar-refractivity contribution < 1.29 is 19.0 Å². The number of ether oxygens (including phenoxy) is 3. The van der Waals surface area contributed by atoms with E-state index in [1.807, 2.05) is 0 Å². The fraction of sp³-hybridized carbons (Fsp3) is 0.174. The largest absolute Gasteiger partial charge is 0.497 e. The van der Waals surface area contributed by atoms with Crippen molar-refractivity contribution in [1.29, 1.82) is 10.8 Å². The molecule has 3 rings (SSSR count). The van der Waals surface area contributed by atoms with Crippen LogP contribution in [0.25, 0.3) is 11.1 Å². The van der Waals surface area contributed by atoms with E-state index in [0.717, 1.165) is 11.8 Å². The first-order valence-electron chi connectivity index (χ1n) is 9.89. The Morgan fingerprint density at radius 2 is 1.82 bits per heavy atom. The van der Waals surface area contributed by atoms with E-state index in [4.69, 9.17) is 36.6 Å². The van der Waals surface area contributed by atoms with Gasteiger partial charge in [-0.1, -0.05) is 17.7 Å². The summed E-state index contributed by atoms with van der Waals surface area (Å²) in [5, 5.41) is 18.7. The molecule has 9 nitrogen and oxygen atoms in total. The molecule has 0 aliphatic heterocycles. The standard InChI is InChI=1S/C23H22ClN5O4S/c1-13-7-16(17-9-20(24)28-11-19(17)32-3)18(10-27-13)22(30)29-23(26)34-21(25)12-33-15-6-4-5-14(8-15)31-2/h4-11,25H,12H2,1-3H3,(H2,26,29,30). The number of aryl methyl sites for hydroxylation is 1. The SMILES string of the molecule is COc1cccc(OCC(=N)SC(=N)NC(=O)c2cnc(C)cc2-c2cc(Cl)ncc2OC)c1. The van der Waals surface area contributed by atoms with Crippen LogP contribution in [0.4, 0.5) is 0 Å². The molecule has 0 aliphatic carbocycles. The summed E-state index contributed by atoms with van der Waals surface area (Å²) < 4.78 is 16.1. The third-order valence-corrected chi connectivity index (χ3v) is 5.37. The van der Waals surface area contributed by atoms with E-state index < -0.39 is 5.91 Å². The number of thioether (sulfide) groups is 1. The molecule has 0 saturated heterocycles. The van der Waals surface area contributed by atoms with Crippen molar-refractivity contribution >= 4 is 39.5 Å². The van der Waals surface area contributed by atoms with Gasteiger partial charge in [0, 0.05) is 29.1 Å². The molecule has 0 aliphatic rings. The summed E-state index contributed by atoms with van der Waals surface area (Å²) in [7, 11) is 3.04. The number of nitrogens with one attached hydrogen (secondary N) is 3. The molecule has 0 spiro atoms. The van der Waals surface area contributed by atoms with Crippen LogP contribution in [0.5, 0.6) is 17.2 Å². The predicted octanol–water partition coefficient (Wildman–Crippen LogP) is 4.58. The van der Waals surface area contributed by atoms with Crippen molar-refractivity contribution in [3.63, 3.8) is 0 Å². The van der Waals surface area contributed by atoms with Crippen LogP contribution >= 0.6 is 23.4 Å². The Hall–Kier alpha value is -3.63. The van der Waals surface area contributed by atoms with Crippen LogP contribution in [-0.4, -0.2) is 46.9 Å². The number of carbonyl (C=O) groups is 1. The number of rotatable bonds is 7. The van der Waals surface area contributed by atoms with Gasteiger partial charge in [-0.15, -0.1) is 0 Å². The van der Waals surface area contributed by atoms with Gasteiger partial charge in [0.2, 0.25) is 0 Å². The van der Waals surface area contributed by atoms with Gasteiger partial charge in [0.15, 0.2) is 5.17 Å². The molecule has 0 radical (unpaired) electrons. The molecule has 1 aromatic carbocycles. The molecule has 176 valence electrons. The van der Waals surface area contributed by atoms with Gasteiger partial charge in [-0.25, -0.2) is 4.98 Å². The van der Waals surface area contributed by atoms with Crippen LogP contribution in [0.3, 0.4) is 0 Å². The minimum atomic E-state index is -0.559. The topological polar surface area (TPSA) is 130 Å². The van der Waals surface area contributed by atoms with Crippen molar-refractivity contribution in [2.75, 3.05) is 20.8 Å². The van der Waals surface area contributed by atoms with Crippen LogP contribution in [0, 0.1) is 17.7 Å². The Bertz CT molecular complexity index is 1240. The lowest BCUT2D eigenvalue weighted by atomic mass is 10.0. The molecular weight excluding hydrogens is 478 g/mol. The van der Waals surface area contributed by atoms with E-state index in [9.17, 15) is 4.79 Å². The number of methoxy groups -OCH3 is 2. The smallest absolute Gasteiger partial charge is 0.259 e. The van der Waals surface area contributed by atoms with Gasteiger partial charge in [0.05, 0.1) is 26.0 Å². The maximum Gasteiger partial charge on any atom is 0.259 e. The van der Waals surface area contributed by atoms with E-state index in [2.05, 4.69) is 15.3 Å². The highest BCUT2D eigenvalue weighted by Gasteiger charge is 2.19. The molecule has 0 atom stereocenters. The van der Waals surface area contributed by atoms with E-state index in [1.54, 1.807) is 50.4 Å². The summed E-state index contributed by atoms with van der Waals surface area (Å²) in [5.41, 5.74) is 2.00. The van der Waals surface area contributed by atoms with E-state index in [-0.39, 0.29) is 27.5 Å². The number of halogens is 1. The first-order valence-corrected chi connectivity index (χ1v) is 11.1. The average molecular weight is 500 g/mol. The zero-order valence-corrected chi connectivity index (χ0v) is 20.2. The Kier molecular flexibility index (Phi) is 8.44. The van der Waals surface area contributed by atoms with Gasteiger partial charge in [0.1, 0.15) is 34.1 Å². The maximum atomic E-state index is 13.0. The van der Waals surface area contributed by atoms with Crippen molar-refractivity contribution in [2.24, 2.45) is 0 Å². The maximum absolute atomic E-state index is 13.0. The summed E-state index contributed by atoms with van der Waals surface area (Å²) in [5.74, 6) is 1.04. The second kappa shape index (κ2) is 11.5. The number of amidine groups is 1. The zero-order chi connectivity index (χ0) is 24.7. The van der Waals surface area contributed by atoms with Crippen molar-refractivity contribution in [1.82, 2.24) is 15.3 Å². The van der Waals surface area contributed by atoms with Crippen LogP contribution in [-0.2, 0) is 0 Å². The monoisotopic (exact) mass is 499 g/mol. The molecule has 2 aromatic heterocycles. The number of aromatic nitrogens is 2. The van der Waals surface area contributed by atoms with Crippen LogP contribution in [0.1, 0.15) is 16.1 Å². The predicted molar refractivity (Wildman–Crippen MR) is 133 cm³/mol. The second-order valence-electron chi connectivity index (χ2n) is 6.85. The van der Waals surface area contributed by atoms with Crippen molar-refractivity contribution in [3.05, 3.63) is 65.2 Å². The molecule has 0 saturated carbocycles. The number of pyridine rings is 2. The number of benzene rings is 1. The Labute approximate surface area is 205 Å². The lowest BCUT2D eigenvalue weighted by Crippen LogP contribution is -2.29. The van der Waals surface area contributed by atoms with E-state index >= 15 is 0 Å². The molecule has 1 amide bonds. The van der Waals surface area contributed by atoms with E-state index in [1.165, 1.54) is 19.5 Å². The van der Waals surface area contributed by atoms with Gasteiger partial charge >= 0.3 is 0 Å². The van der Waals surface area contributed by atoms with Crippen molar-refractivity contribution in [2.45, 2.75) is 6.92 Å². The molecule has 3 N–H and O–H groups in total. The zero-order valence-electron chi connectivity index (χ0n) is 18.6. The fourth-order valence-corrected chi connectivity index (χ4v) is 3.61. The van der Waals surface area contributed by atoms with E-state index in [0.29, 0.717) is 34.1 Å². The summed E-state index contributed by atoms with van der Waals surface area (Å²) in [6, 6.07) is 10.3. The average Bonchev–Trinajstić information content (AvgIpc) is 2.82. The molecule has 0 bridgehead atoms. The molecule has 34 heavy (non-hydrogen) atoms. The third-order valence-electron chi connectivity index (χ3n) is 4.49. The Morgan fingerprint density at radius 3 is 2.56 bits per heavy atom. The highest BCUT2D eigenvalue weighted by molar-refractivity contribution is 8.26. The van der Waals surface area contributed by atoms with Crippen molar-refractivity contribution in [3.8, 4) is 28.4 Å². The lowest BCUT2D eigenvalue weighted by Gasteiger charge is -2.14. The van der Waals surface area contributed by atoms with Crippen LogP contribution in [0.15, 0.2) is 48.8 Å². The molecule has 0 fully saturated rings. The minimum absolute atomic E-state index is 0.0398. The molecular formula is C23H22ClN5O4S. The summed E-state index contributed by atoms with van der Waals surface area (Å²) in [4.78, 5) is 21.2. The van der Waals surface area contributed by atoms with Gasteiger partial charge in [-0.2, -0.15) is 0 Å². The summed E-state index contributed by atoms with van der Waals surface area (Å²) in [6.45, 7) is 1.72. The Morgan fingerprint density at radius 1 is 1.06 bits per heavy atom. The first-order chi connectivity index (χ1) is 16.3. The van der Waals surface area contributed by atoms with Gasteiger partial charge in [-0.05, 0) is 43.0 Å². The summed E-state index contributed by atoms with van der Waals surface area (Å²) >= 11 is 6.83. The number of hydrogen-bond acceptors (Lipinski definition) is 9. The molecule has 11 heteroatoms. The highest BCUT2D eigenvalue weighted by Crippen LogP contribution is 2.33. The second-order valence-corrected chi connectivity index (χ2v) is 8.35. The van der Waals surface area contributed by atoms with Gasteiger partial charge in [0.25, 0.3) is 5.91 Å². The third kappa shape index (κ3) is 6.46. The van der Waals surface area contributed by atoms with Gasteiger partial charge in [-0.3, -0.25) is 20.6 Å².